The van der Waals surface area contributed by atoms with Crippen LogP contribution in [-0.4, -0.2) is 0 Å². The SMILES string of the molecule is CC.CC(C)(C)c1ccc(-c2cccc(-c3ccc(-c4c5ccccc5c(-c5ccc6ccccc6c5)c5ccccc45)c4ccccc34)c2)cc1. The van der Waals surface area contributed by atoms with Gasteiger partial charge in [0.05, 0.1) is 0 Å². The molecule has 52 heavy (non-hydrogen) atoms. The molecular weight excluding hydrogens is 625 g/mol. The number of hydrogen-bond donors (Lipinski definition) is 0. The molecule has 0 aromatic heterocycles. The first-order valence-corrected chi connectivity index (χ1v) is 18.6. The monoisotopic (exact) mass is 668 g/mol. The van der Waals surface area contributed by atoms with Crippen LogP contribution in [-0.2, 0) is 5.41 Å². The number of fused-ring (bicyclic) bond motifs is 4. The van der Waals surface area contributed by atoms with E-state index in [0.717, 1.165) is 0 Å². The summed E-state index contributed by atoms with van der Waals surface area (Å²) in [4.78, 5) is 0. The van der Waals surface area contributed by atoms with Gasteiger partial charge < -0.3 is 0 Å². The topological polar surface area (TPSA) is 0 Å². The van der Waals surface area contributed by atoms with Crippen molar-refractivity contribution in [2.45, 2.75) is 40.0 Å². The van der Waals surface area contributed by atoms with Gasteiger partial charge in [0.25, 0.3) is 0 Å². The maximum absolute atomic E-state index is 2.35. The van der Waals surface area contributed by atoms with Gasteiger partial charge in [-0.05, 0) is 111 Å². The van der Waals surface area contributed by atoms with Crippen molar-refractivity contribution in [1.82, 2.24) is 0 Å². The zero-order chi connectivity index (χ0) is 35.8. The molecule has 0 aliphatic heterocycles. The van der Waals surface area contributed by atoms with E-state index in [-0.39, 0.29) is 5.41 Å². The van der Waals surface area contributed by atoms with Gasteiger partial charge in [0.15, 0.2) is 0 Å². The van der Waals surface area contributed by atoms with Crippen LogP contribution in [0.3, 0.4) is 0 Å². The molecule has 0 atom stereocenters. The minimum Gasteiger partial charge on any atom is -0.0683 e. The highest BCUT2D eigenvalue weighted by atomic mass is 14.2. The molecule has 0 amide bonds. The average molecular weight is 669 g/mol. The Morgan fingerprint density at radius 3 is 1.40 bits per heavy atom. The van der Waals surface area contributed by atoms with Crippen LogP contribution in [0, 0.1) is 0 Å². The Bertz CT molecular complexity index is 2660. The molecule has 0 saturated carbocycles. The third-order valence-electron chi connectivity index (χ3n) is 10.4. The largest absolute Gasteiger partial charge is 0.0683 e. The van der Waals surface area contributed by atoms with E-state index in [9.17, 15) is 0 Å². The van der Waals surface area contributed by atoms with Crippen LogP contribution in [0.4, 0.5) is 0 Å². The summed E-state index contributed by atoms with van der Waals surface area (Å²) in [5.41, 5.74) is 11.5. The lowest BCUT2D eigenvalue weighted by molar-refractivity contribution is 0.590. The van der Waals surface area contributed by atoms with Crippen molar-refractivity contribution in [2.24, 2.45) is 0 Å². The van der Waals surface area contributed by atoms with Crippen molar-refractivity contribution >= 4 is 43.1 Å². The second-order valence-electron chi connectivity index (χ2n) is 14.5. The third-order valence-corrected chi connectivity index (χ3v) is 10.4. The van der Waals surface area contributed by atoms with Crippen molar-refractivity contribution in [3.05, 3.63) is 181 Å². The molecule has 0 heteroatoms. The Kier molecular flexibility index (Phi) is 8.69. The molecule has 0 unspecified atom stereocenters. The molecular formula is C52H44. The highest BCUT2D eigenvalue weighted by Gasteiger charge is 2.19. The summed E-state index contributed by atoms with van der Waals surface area (Å²) in [5, 5.41) is 10.1. The van der Waals surface area contributed by atoms with E-state index in [1.54, 1.807) is 0 Å². The average Bonchev–Trinajstić information content (AvgIpc) is 3.20. The zero-order valence-electron chi connectivity index (χ0n) is 30.7. The van der Waals surface area contributed by atoms with Gasteiger partial charge in [-0.3, -0.25) is 0 Å². The lowest BCUT2D eigenvalue weighted by Crippen LogP contribution is -2.10. The van der Waals surface area contributed by atoms with E-state index < -0.39 is 0 Å². The van der Waals surface area contributed by atoms with E-state index in [1.165, 1.54) is 93.2 Å². The maximum atomic E-state index is 2.35. The molecule has 0 heterocycles. The Labute approximate surface area is 308 Å². The summed E-state index contributed by atoms with van der Waals surface area (Å²) < 4.78 is 0. The first-order valence-electron chi connectivity index (χ1n) is 18.6. The summed E-state index contributed by atoms with van der Waals surface area (Å²) in [6.45, 7) is 10.8. The molecule has 9 rings (SSSR count). The lowest BCUT2D eigenvalue weighted by Gasteiger charge is -2.20. The fourth-order valence-electron chi connectivity index (χ4n) is 7.87. The van der Waals surface area contributed by atoms with Crippen LogP contribution in [0.25, 0.3) is 87.6 Å². The minimum atomic E-state index is 0.133. The van der Waals surface area contributed by atoms with E-state index in [0.29, 0.717) is 0 Å². The van der Waals surface area contributed by atoms with Crippen molar-refractivity contribution in [3.63, 3.8) is 0 Å². The summed E-state index contributed by atoms with van der Waals surface area (Å²) in [7, 11) is 0. The van der Waals surface area contributed by atoms with Crippen molar-refractivity contribution < 1.29 is 0 Å². The predicted octanol–water partition coefficient (Wildman–Crippen LogP) is 15.3. The number of rotatable bonds is 4. The second-order valence-corrected chi connectivity index (χ2v) is 14.5. The van der Waals surface area contributed by atoms with Crippen LogP contribution in [0.1, 0.15) is 40.2 Å². The van der Waals surface area contributed by atoms with Gasteiger partial charge in [-0.15, -0.1) is 0 Å². The first kappa shape index (κ1) is 33.2. The highest BCUT2D eigenvalue weighted by molar-refractivity contribution is 6.24. The third kappa shape index (κ3) is 5.85. The van der Waals surface area contributed by atoms with Gasteiger partial charge in [0.2, 0.25) is 0 Å². The van der Waals surface area contributed by atoms with Gasteiger partial charge in [-0.25, -0.2) is 0 Å². The van der Waals surface area contributed by atoms with Crippen LogP contribution in [0.5, 0.6) is 0 Å². The quantitative estimate of drug-likeness (QED) is 0.164. The molecule has 0 radical (unpaired) electrons. The molecule has 0 nitrogen and oxygen atoms in total. The Hall–Kier alpha value is -5.98. The molecule has 0 saturated heterocycles. The standard InChI is InChI=1S/C50H38.C2H6/c1-50(2,3)39-27-25-34(26-28-39)36-15-12-16-37(31-36)40-29-30-47(42-18-7-6-17-41(40)42)49-45-21-10-8-19-43(45)48(44-20-9-11-22-46(44)49)38-24-23-33-13-4-5-14-35(33)32-38;1-2/h4-32H,1-3H3;1-2H3. The maximum Gasteiger partial charge on any atom is -0.00201 e. The molecule has 9 aromatic carbocycles. The van der Waals surface area contributed by atoms with E-state index in [1.807, 2.05) is 13.8 Å². The molecule has 0 bridgehead atoms. The van der Waals surface area contributed by atoms with Crippen LogP contribution < -0.4 is 0 Å². The van der Waals surface area contributed by atoms with Crippen LogP contribution >= 0.6 is 0 Å². The number of hydrogen-bond acceptors (Lipinski definition) is 0. The van der Waals surface area contributed by atoms with E-state index in [2.05, 4.69) is 197 Å². The molecule has 0 N–H and O–H groups in total. The summed E-state index contributed by atoms with van der Waals surface area (Å²) >= 11 is 0. The van der Waals surface area contributed by atoms with Gasteiger partial charge in [0.1, 0.15) is 0 Å². The fourth-order valence-corrected chi connectivity index (χ4v) is 7.87. The van der Waals surface area contributed by atoms with E-state index in [4.69, 9.17) is 0 Å². The molecule has 0 aliphatic carbocycles. The number of benzene rings is 9. The van der Waals surface area contributed by atoms with Gasteiger partial charge >= 0.3 is 0 Å². The Balaban J connectivity index is 0.00000190. The Morgan fingerprint density at radius 1 is 0.308 bits per heavy atom. The smallest absolute Gasteiger partial charge is 0.00201 e. The minimum absolute atomic E-state index is 0.133. The normalized spacial score (nSPS) is 11.6. The van der Waals surface area contributed by atoms with Crippen molar-refractivity contribution in [3.8, 4) is 44.5 Å². The fraction of sp³-hybridized carbons (Fsp3) is 0.115. The molecule has 9 aromatic rings. The van der Waals surface area contributed by atoms with Gasteiger partial charge in [-0.2, -0.15) is 0 Å². The molecule has 252 valence electrons. The second kappa shape index (κ2) is 13.6. The van der Waals surface area contributed by atoms with Gasteiger partial charge in [0, 0.05) is 0 Å². The lowest BCUT2D eigenvalue weighted by atomic mass is 9.83. The zero-order valence-corrected chi connectivity index (χ0v) is 30.7. The van der Waals surface area contributed by atoms with Gasteiger partial charge in [-0.1, -0.05) is 198 Å². The molecule has 0 aliphatic rings. The van der Waals surface area contributed by atoms with E-state index >= 15 is 0 Å². The summed E-state index contributed by atoms with van der Waals surface area (Å²) in [6.07, 6.45) is 0. The predicted molar refractivity (Wildman–Crippen MR) is 228 cm³/mol. The first-order chi connectivity index (χ1) is 25.4. The molecule has 0 fully saturated rings. The van der Waals surface area contributed by atoms with Crippen LogP contribution in [0.2, 0.25) is 0 Å². The van der Waals surface area contributed by atoms with Crippen molar-refractivity contribution in [1.29, 1.82) is 0 Å². The highest BCUT2D eigenvalue weighted by Crippen LogP contribution is 2.47. The Morgan fingerprint density at radius 2 is 0.788 bits per heavy atom. The van der Waals surface area contributed by atoms with Crippen LogP contribution in [0.15, 0.2) is 176 Å². The summed E-state index contributed by atoms with van der Waals surface area (Å²) in [5.74, 6) is 0. The summed E-state index contributed by atoms with van der Waals surface area (Å²) in [6, 6.07) is 65.1. The van der Waals surface area contributed by atoms with Crippen molar-refractivity contribution in [2.75, 3.05) is 0 Å². The molecule has 0 spiro atoms.